The van der Waals surface area contributed by atoms with Gasteiger partial charge in [0.2, 0.25) is 0 Å². The smallest absolute Gasteiger partial charge is 0.390 e. The van der Waals surface area contributed by atoms with E-state index in [0.29, 0.717) is 17.9 Å². The third-order valence-corrected chi connectivity index (χ3v) is 3.10. The second-order valence-corrected chi connectivity index (χ2v) is 5.21. The van der Waals surface area contributed by atoms with Crippen molar-refractivity contribution in [1.29, 1.82) is 0 Å². The summed E-state index contributed by atoms with van der Waals surface area (Å²) < 4.78 is 71.6. The van der Waals surface area contributed by atoms with Crippen molar-refractivity contribution in [2.24, 2.45) is 4.99 Å². The number of rotatable bonds is 9. The average molecular weight is 511 g/mol. The molecule has 0 unspecified atom stereocenters. The largest absolute Gasteiger partial charge is 0.493 e. The summed E-state index contributed by atoms with van der Waals surface area (Å²) >= 11 is 0. The van der Waals surface area contributed by atoms with Gasteiger partial charge in [-0.2, -0.15) is 22.0 Å². The first-order chi connectivity index (χ1) is 12.2. The summed E-state index contributed by atoms with van der Waals surface area (Å²) in [5, 5.41) is 5.26. The van der Waals surface area contributed by atoms with Gasteiger partial charge in [-0.15, -0.1) is 24.0 Å². The molecular weight excluding hydrogens is 488 g/mol. The van der Waals surface area contributed by atoms with Gasteiger partial charge in [0.15, 0.2) is 5.96 Å². The standard InChI is InChI=1S/C16H22F5N3O2.HI/c1-3-8-25-12-5-4-11(13(9-12)26-14(17)18)10-24-15(22-2)23-7-6-16(19,20)21;/h4-5,9,14H,3,6-8,10H2,1-2H3,(H2,22,23,24);1H. The van der Waals surface area contributed by atoms with Crippen LogP contribution in [0.3, 0.4) is 0 Å². The molecule has 156 valence electrons. The number of guanidine groups is 1. The van der Waals surface area contributed by atoms with Gasteiger partial charge in [0.05, 0.1) is 13.0 Å². The summed E-state index contributed by atoms with van der Waals surface area (Å²) in [4.78, 5) is 3.78. The molecule has 0 spiro atoms. The van der Waals surface area contributed by atoms with E-state index in [2.05, 4.69) is 20.4 Å². The van der Waals surface area contributed by atoms with Gasteiger partial charge in [-0.25, -0.2) is 0 Å². The van der Waals surface area contributed by atoms with Crippen LogP contribution in [0.2, 0.25) is 0 Å². The molecule has 0 saturated carbocycles. The highest BCUT2D eigenvalue weighted by atomic mass is 127. The van der Waals surface area contributed by atoms with Crippen LogP contribution in [0.15, 0.2) is 23.2 Å². The summed E-state index contributed by atoms with van der Waals surface area (Å²) in [6.45, 7) is -0.998. The van der Waals surface area contributed by atoms with Gasteiger partial charge in [-0.1, -0.05) is 6.92 Å². The van der Waals surface area contributed by atoms with Crippen molar-refractivity contribution in [3.63, 3.8) is 0 Å². The lowest BCUT2D eigenvalue weighted by Crippen LogP contribution is -2.38. The molecule has 0 amide bonds. The van der Waals surface area contributed by atoms with Crippen LogP contribution in [0.5, 0.6) is 11.5 Å². The maximum absolute atomic E-state index is 12.6. The first kappa shape index (κ1) is 25.5. The topological polar surface area (TPSA) is 54.9 Å². The van der Waals surface area contributed by atoms with Gasteiger partial charge in [0.25, 0.3) is 0 Å². The Labute approximate surface area is 171 Å². The van der Waals surface area contributed by atoms with Crippen LogP contribution in [0.4, 0.5) is 22.0 Å². The zero-order chi connectivity index (χ0) is 19.6. The molecule has 1 aromatic rings. The molecule has 0 aliphatic heterocycles. The van der Waals surface area contributed by atoms with Crippen molar-refractivity contribution in [2.75, 3.05) is 20.2 Å². The van der Waals surface area contributed by atoms with Gasteiger partial charge in [-0.3, -0.25) is 4.99 Å². The molecule has 0 aliphatic rings. The Morgan fingerprint density at radius 1 is 1.22 bits per heavy atom. The van der Waals surface area contributed by atoms with Crippen LogP contribution in [0.25, 0.3) is 0 Å². The molecule has 0 radical (unpaired) electrons. The van der Waals surface area contributed by atoms with Gasteiger partial charge in [-0.05, 0) is 18.6 Å². The first-order valence-electron chi connectivity index (χ1n) is 7.97. The third kappa shape index (κ3) is 11.0. The van der Waals surface area contributed by atoms with Crippen LogP contribution >= 0.6 is 24.0 Å². The summed E-state index contributed by atoms with van der Waals surface area (Å²) in [5.41, 5.74) is 0.382. The minimum Gasteiger partial charge on any atom is -0.493 e. The van der Waals surface area contributed by atoms with E-state index in [1.807, 2.05) is 6.92 Å². The van der Waals surface area contributed by atoms with E-state index in [-0.39, 0.29) is 48.8 Å². The Bertz CT molecular complexity index is 586. The molecule has 0 atom stereocenters. The highest BCUT2D eigenvalue weighted by molar-refractivity contribution is 14.0. The lowest BCUT2D eigenvalue weighted by atomic mass is 10.2. The molecule has 0 heterocycles. The molecule has 27 heavy (non-hydrogen) atoms. The number of hydrogen-bond donors (Lipinski definition) is 2. The number of ether oxygens (including phenoxy) is 2. The fourth-order valence-corrected chi connectivity index (χ4v) is 1.92. The zero-order valence-electron chi connectivity index (χ0n) is 14.9. The molecule has 0 fully saturated rings. The molecule has 11 heteroatoms. The first-order valence-corrected chi connectivity index (χ1v) is 7.97. The Balaban J connectivity index is 0.00000676. The second-order valence-electron chi connectivity index (χ2n) is 5.21. The molecule has 1 rings (SSSR count). The van der Waals surface area contributed by atoms with E-state index < -0.39 is 19.2 Å². The highest BCUT2D eigenvalue weighted by Gasteiger charge is 2.26. The maximum atomic E-state index is 12.6. The van der Waals surface area contributed by atoms with Crippen molar-refractivity contribution in [3.8, 4) is 11.5 Å². The van der Waals surface area contributed by atoms with Crippen LogP contribution in [0, 0.1) is 0 Å². The SMILES string of the molecule is CCCOc1ccc(CNC(=NC)NCCC(F)(F)F)c(OC(F)F)c1.I. The van der Waals surface area contributed by atoms with Gasteiger partial charge in [0, 0.05) is 31.8 Å². The van der Waals surface area contributed by atoms with Crippen molar-refractivity contribution < 1.29 is 31.4 Å². The molecule has 0 aliphatic carbocycles. The fourth-order valence-electron chi connectivity index (χ4n) is 1.92. The Morgan fingerprint density at radius 2 is 1.93 bits per heavy atom. The molecule has 0 aromatic heterocycles. The number of nitrogens with zero attached hydrogens (tertiary/aromatic N) is 1. The normalized spacial score (nSPS) is 11.8. The van der Waals surface area contributed by atoms with Gasteiger partial charge < -0.3 is 20.1 Å². The molecule has 0 saturated heterocycles. The van der Waals surface area contributed by atoms with E-state index in [4.69, 9.17) is 4.74 Å². The van der Waals surface area contributed by atoms with Crippen LogP contribution < -0.4 is 20.1 Å². The van der Waals surface area contributed by atoms with E-state index >= 15 is 0 Å². The Hall–Kier alpha value is -1.53. The van der Waals surface area contributed by atoms with Gasteiger partial charge >= 0.3 is 12.8 Å². The number of alkyl halides is 5. The highest BCUT2D eigenvalue weighted by Crippen LogP contribution is 2.26. The number of nitrogens with one attached hydrogen (secondary N) is 2. The fraction of sp³-hybridized carbons (Fsp3) is 0.562. The predicted octanol–water partition coefficient (Wildman–Crippen LogP) is 4.31. The monoisotopic (exact) mass is 511 g/mol. The van der Waals surface area contributed by atoms with Crippen LogP contribution in [-0.4, -0.2) is 38.9 Å². The van der Waals surface area contributed by atoms with E-state index in [1.165, 1.54) is 13.1 Å². The number of hydrogen-bond acceptors (Lipinski definition) is 3. The second kappa shape index (κ2) is 12.8. The quantitative estimate of drug-likeness (QED) is 0.225. The summed E-state index contributed by atoms with van der Waals surface area (Å²) in [6.07, 6.45) is -4.54. The lowest BCUT2D eigenvalue weighted by Gasteiger charge is -2.16. The van der Waals surface area contributed by atoms with E-state index in [1.54, 1.807) is 12.1 Å². The summed E-state index contributed by atoms with van der Waals surface area (Å²) in [6, 6.07) is 4.49. The average Bonchev–Trinajstić information content (AvgIpc) is 2.55. The number of benzene rings is 1. The Morgan fingerprint density at radius 3 is 2.48 bits per heavy atom. The number of aliphatic imine (C=N–C) groups is 1. The number of halogens is 6. The third-order valence-electron chi connectivity index (χ3n) is 3.10. The maximum Gasteiger partial charge on any atom is 0.390 e. The molecular formula is C16H23F5IN3O2. The summed E-state index contributed by atoms with van der Waals surface area (Å²) in [5.74, 6) is 0.425. The van der Waals surface area contributed by atoms with Crippen molar-refractivity contribution in [1.82, 2.24) is 10.6 Å². The lowest BCUT2D eigenvalue weighted by molar-refractivity contribution is -0.132. The van der Waals surface area contributed by atoms with E-state index in [0.717, 1.165) is 6.42 Å². The summed E-state index contributed by atoms with van der Waals surface area (Å²) in [7, 11) is 1.39. The van der Waals surface area contributed by atoms with E-state index in [9.17, 15) is 22.0 Å². The molecule has 5 nitrogen and oxygen atoms in total. The zero-order valence-corrected chi connectivity index (χ0v) is 17.2. The van der Waals surface area contributed by atoms with Crippen molar-refractivity contribution in [3.05, 3.63) is 23.8 Å². The van der Waals surface area contributed by atoms with Crippen molar-refractivity contribution in [2.45, 2.75) is 39.1 Å². The van der Waals surface area contributed by atoms with Crippen LogP contribution in [0.1, 0.15) is 25.3 Å². The van der Waals surface area contributed by atoms with Gasteiger partial charge in [0.1, 0.15) is 11.5 Å². The Kier molecular flexibility index (Phi) is 12.1. The molecule has 1 aromatic carbocycles. The molecule has 0 bridgehead atoms. The predicted molar refractivity (Wildman–Crippen MR) is 103 cm³/mol. The molecule has 2 N–H and O–H groups in total. The minimum atomic E-state index is -4.28. The minimum absolute atomic E-state index is 0. The van der Waals surface area contributed by atoms with Crippen molar-refractivity contribution >= 4 is 29.9 Å². The van der Waals surface area contributed by atoms with Crippen LogP contribution in [-0.2, 0) is 6.54 Å².